The average molecular weight is 1060 g/mol. The van der Waals surface area contributed by atoms with Crippen molar-refractivity contribution in [3.63, 3.8) is 0 Å². The third kappa shape index (κ3) is 13.9. The fraction of sp³-hybridized carbons (Fsp3) is 0.439. The number of nitrogens with zero attached hydrogens (tertiary/aromatic N) is 4. The number of nitrogens with one attached hydrogen (secondary N) is 2. The fourth-order valence-corrected chi connectivity index (χ4v) is 11.2. The number of aryl methyl sites for hydroxylation is 3. The van der Waals surface area contributed by atoms with Gasteiger partial charge in [0.25, 0.3) is 5.91 Å². The van der Waals surface area contributed by atoms with Gasteiger partial charge in [-0.15, -0.1) is 0 Å². The molecule has 416 valence electrons. The third-order valence-corrected chi connectivity index (χ3v) is 16.1. The summed E-state index contributed by atoms with van der Waals surface area (Å²) < 4.78 is 17.9. The standard InChI is InChI=1S/C66H86N6O6/c1-15-71-58-35-20-46(3)41-57(58)65(8,9)59(71)36-26-50-25-24-49(23-22-48(5)64(6,7)56-40-45(2)19-21-47(56)4)61(50)76-38-17-39-77-62(74)67-44-66(10)37-16-18-51(42-66)68-63(75)78-43-60(73)72(54-31-27-52(28-32-54)69(11)12)55-33-29-53(30-34-55)70(13)14/h19-23,26-36,40-41,51H,5,15-18,24-25,37-39,42-44H2,1-4,6-14H3,(H,67,74)(H,68,75)/b23-22+,50-26+,59-36+. The van der Waals surface area contributed by atoms with E-state index in [4.69, 9.17) is 14.2 Å². The molecular formula is C66H86N6O6. The first-order valence-corrected chi connectivity index (χ1v) is 27.8. The number of fused-ring (bicyclic) bond motifs is 1. The summed E-state index contributed by atoms with van der Waals surface area (Å²) >= 11 is 0. The summed E-state index contributed by atoms with van der Waals surface area (Å²) in [7, 11) is 7.84. The first kappa shape index (κ1) is 58.5. The number of alkyl carbamates (subject to hydrolysis) is 2. The lowest BCUT2D eigenvalue weighted by Crippen LogP contribution is -2.46. The minimum atomic E-state index is -0.654. The van der Waals surface area contributed by atoms with Crippen molar-refractivity contribution in [1.29, 1.82) is 0 Å². The van der Waals surface area contributed by atoms with Gasteiger partial charge < -0.3 is 39.5 Å². The van der Waals surface area contributed by atoms with E-state index in [2.05, 4.69) is 145 Å². The van der Waals surface area contributed by atoms with Crippen molar-refractivity contribution < 1.29 is 28.6 Å². The van der Waals surface area contributed by atoms with Gasteiger partial charge in [-0.25, -0.2) is 9.59 Å². The van der Waals surface area contributed by atoms with Gasteiger partial charge >= 0.3 is 12.2 Å². The molecule has 78 heavy (non-hydrogen) atoms. The van der Waals surface area contributed by atoms with Crippen molar-refractivity contribution in [3.8, 4) is 0 Å². The maximum Gasteiger partial charge on any atom is 0.407 e. The molecule has 2 aliphatic carbocycles. The minimum absolute atomic E-state index is 0.163. The van der Waals surface area contributed by atoms with Gasteiger partial charge in [0, 0.05) is 98.7 Å². The Bertz CT molecular complexity index is 2890. The molecule has 7 rings (SSSR count). The molecule has 0 radical (unpaired) electrons. The number of ether oxygens (including phenoxy) is 3. The summed E-state index contributed by atoms with van der Waals surface area (Å²) in [5.41, 5.74) is 14.8. The topological polar surface area (TPSA) is 116 Å². The largest absolute Gasteiger partial charge is 0.493 e. The first-order valence-electron chi connectivity index (χ1n) is 27.8. The van der Waals surface area contributed by atoms with Gasteiger partial charge in [0.2, 0.25) is 0 Å². The van der Waals surface area contributed by atoms with Crippen LogP contribution in [-0.4, -0.2) is 85.2 Å². The van der Waals surface area contributed by atoms with Crippen molar-refractivity contribution in [3.05, 3.63) is 172 Å². The van der Waals surface area contributed by atoms with Gasteiger partial charge in [-0.1, -0.05) is 107 Å². The summed E-state index contributed by atoms with van der Waals surface area (Å²) in [5.74, 6) is 0.496. The van der Waals surface area contributed by atoms with Gasteiger partial charge in [-0.2, -0.15) is 0 Å². The van der Waals surface area contributed by atoms with Crippen molar-refractivity contribution in [2.24, 2.45) is 5.41 Å². The second kappa shape index (κ2) is 25.1. The Hall–Kier alpha value is -7.21. The highest BCUT2D eigenvalue weighted by molar-refractivity contribution is 6.02. The van der Waals surface area contributed by atoms with E-state index in [9.17, 15) is 14.4 Å². The Labute approximate surface area is 465 Å². The molecule has 0 aromatic heterocycles. The highest BCUT2D eigenvalue weighted by atomic mass is 16.6. The lowest BCUT2D eigenvalue weighted by Gasteiger charge is -2.38. The van der Waals surface area contributed by atoms with Crippen LogP contribution in [-0.2, 0) is 29.8 Å². The van der Waals surface area contributed by atoms with Crippen LogP contribution in [0.1, 0.15) is 114 Å². The second-order valence-electron chi connectivity index (χ2n) is 23.4. The van der Waals surface area contributed by atoms with Crippen LogP contribution in [0, 0.1) is 26.2 Å². The van der Waals surface area contributed by atoms with Crippen LogP contribution in [0.4, 0.5) is 38.0 Å². The molecular weight excluding hydrogens is 973 g/mol. The molecule has 1 heterocycles. The number of anilines is 5. The molecule has 4 aromatic rings. The van der Waals surface area contributed by atoms with Gasteiger partial charge in [0.1, 0.15) is 5.76 Å². The zero-order chi connectivity index (χ0) is 56.5. The Morgan fingerprint density at radius 3 is 2.06 bits per heavy atom. The molecule has 0 spiro atoms. The molecule has 12 heteroatoms. The number of likely N-dealkylation sites (N-methyl/N-ethyl adjacent to an activating group) is 1. The zero-order valence-electron chi connectivity index (χ0n) is 48.9. The average Bonchev–Trinajstić information content (AvgIpc) is 4.12. The van der Waals surface area contributed by atoms with Crippen molar-refractivity contribution in [1.82, 2.24) is 10.6 Å². The van der Waals surface area contributed by atoms with Crippen LogP contribution in [0.25, 0.3) is 0 Å². The summed E-state index contributed by atoms with van der Waals surface area (Å²) in [4.78, 5) is 48.2. The number of carbonyl (C=O) groups is 3. The summed E-state index contributed by atoms with van der Waals surface area (Å²) in [6.45, 7) is 25.8. The number of carbonyl (C=O) groups excluding carboxylic acids is 3. The van der Waals surface area contributed by atoms with E-state index in [1.165, 1.54) is 39.2 Å². The normalized spacial score (nSPS) is 19.0. The van der Waals surface area contributed by atoms with E-state index in [-0.39, 0.29) is 34.8 Å². The molecule has 12 nitrogen and oxygen atoms in total. The maximum absolute atomic E-state index is 13.8. The van der Waals surface area contributed by atoms with E-state index in [0.29, 0.717) is 37.4 Å². The molecule has 2 unspecified atom stereocenters. The fourth-order valence-electron chi connectivity index (χ4n) is 11.2. The van der Waals surface area contributed by atoms with Crippen LogP contribution >= 0.6 is 0 Å². The lowest BCUT2D eigenvalue weighted by atomic mass is 9.73. The second-order valence-corrected chi connectivity index (χ2v) is 23.4. The Morgan fingerprint density at radius 2 is 1.42 bits per heavy atom. The van der Waals surface area contributed by atoms with Crippen LogP contribution in [0.5, 0.6) is 0 Å². The molecule has 2 atom stereocenters. The van der Waals surface area contributed by atoms with Crippen molar-refractivity contribution >= 4 is 46.5 Å². The molecule has 1 saturated carbocycles. The number of hydrogen-bond acceptors (Lipinski definition) is 9. The Balaban J connectivity index is 0.933. The Kier molecular flexibility index (Phi) is 18.8. The third-order valence-electron chi connectivity index (χ3n) is 16.1. The number of rotatable bonds is 20. The number of benzene rings is 4. The Morgan fingerprint density at radius 1 is 0.795 bits per heavy atom. The summed E-state index contributed by atoms with van der Waals surface area (Å²) in [5, 5.41) is 5.99. The SMILES string of the molecule is C=C(/C=C/C1=C(OCCCOC(=O)NCC2(C)CCCC(NC(=O)OCC(=O)N(c3ccc(N(C)C)cc3)c3ccc(N(C)C)cc3)C2)C(=C/C=C2/N(CC)c3ccc(C)cc3C2(C)C)/CC1)C(C)(C)c1cc(C)ccc1C. The molecule has 2 N–H and O–H groups in total. The van der Waals surface area contributed by atoms with E-state index in [0.717, 1.165) is 72.5 Å². The quantitative estimate of drug-likeness (QED) is 0.0659. The number of amides is 3. The van der Waals surface area contributed by atoms with Gasteiger partial charge in [-0.3, -0.25) is 9.69 Å². The molecule has 3 amide bonds. The minimum Gasteiger partial charge on any atom is -0.493 e. The summed E-state index contributed by atoms with van der Waals surface area (Å²) in [6.07, 6.45) is 13.0. The number of hydrogen-bond donors (Lipinski definition) is 2. The molecule has 4 aromatic carbocycles. The number of allylic oxidation sites excluding steroid dienone is 8. The van der Waals surface area contributed by atoms with E-state index in [1.807, 2.05) is 86.5 Å². The van der Waals surface area contributed by atoms with Gasteiger partial charge in [0.05, 0.1) is 13.2 Å². The van der Waals surface area contributed by atoms with Gasteiger partial charge in [-0.05, 0) is 159 Å². The first-order chi connectivity index (χ1) is 37.0. The van der Waals surface area contributed by atoms with Crippen LogP contribution in [0.2, 0.25) is 0 Å². The van der Waals surface area contributed by atoms with E-state index >= 15 is 0 Å². The molecule has 3 aliphatic rings. The van der Waals surface area contributed by atoms with Crippen LogP contribution < -0.4 is 30.2 Å². The van der Waals surface area contributed by atoms with E-state index < -0.39 is 18.8 Å². The monoisotopic (exact) mass is 1060 g/mol. The van der Waals surface area contributed by atoms with Crippen LogP contribution in [0.3, 0.4) is 0 Å². The lowest BCUT2D eigenvalue weighted by molar-refractivity contribution is -0.120. The summed E-state index contributed by atoms with van der Waals surface area (Å²) in [6, 6.07) is 28.5. The molecule has 0 saturated heterocycles. The zero-order valence-corrected chi connectivity index (χ0v) is 48.9. The predicted octanol–water partition coefficient (Wildman–Crippen LogP) is 14.0. The smallest absolute Gasteiger partial charge is 0.407 e. The predicted molar refractivity (Wildman–Crippen MR) is 320 cm³/mol. The molecule has 0 bridgehead atoms. The van der Waals surface area contributed by atoms with Crippen molar-refractivity contribution in [2.45, 2.75) is 124 Å². The molecule has 1 fully saturated rings. The highest BCUT2D eigenvalue weighted by Gasteiger charge is 2.39. The van der Waals surface area contributed by atoms with Gasteiger partial charge in [0.15, 0.2) is 6.61 Å². The van der Waals surface area contributed by atoms with Crippen LogP contribution in [0.15, 0.2) is 144 Å². The van der Waals surface area contributed by atoms with E-state index in [1.54, 1.807) is 4.90 Å². The highest BCUT2D eigenvalue weighted by Crippen LogP contribution is 2.48. The van der Waals surface area contributed by atoms with Crippen molar-refractivity contribution in [2.75, 3.05) is 80.7 Å². The maximum atomic E-state index is 13.8. The molecule has 1 aliphatic heterocycles.